The number of hydrogen-bond donors (Lipinski definition) is 3. The number of nitriles is 1. The van der Waals surface area contributed by atoms with E-state index in [2.05, 4.69) is 25.3 Å². The van der Waals surface area contributed by atoms with E-state index in [1.54, 1.807) is 31.2 Å². The summed E-state index contributed by atoms with van der Waals surface area (Å²) in [7, 11) is 0. The van der Waals surface area contributed by atoms with Crippen LogP contribution in [0, 0.1) is 11.3 Å². The Balaban J connectivity index is 1.95. The Morgan fingerprint density at radius 3 is 2.81 bits per heavy atom. The zero-order chi connectivity index (χ0) is 22.1. The summed E-state index contributed by atoms with van der Waals surface area (Å²) in [4.78, 5) is 30.1. The Morgan fingerprint density at radius 2 is 2.06 bits per heavy atom. The minimum absolute atomic E-state index is 0.0443. The van der Waals surface area contributed by atoms with Crippen LogP contribution >= 0.6 is 11.6 Å². The third-order valence-electron chi connectivity index (χ3n) is 4.60. The molecule has 0 radical (unpaired) electrons. The predicted molar refractivity (Wildman–Crippen MR) is 118 cm³/mol. The first kappa shape index (κ1) is 20.1. The Labute approximate surface area is 181 Å². The van der Waals surface area contributed by atoms with E-state index in [0.29, 0.717) is 22.7 Å². The minimum atomic E-state index is -0.570. The van der Waals surface area contributed by atoms with E-state index < -0.39 is 6.04 Å². The zero-order valence-electron chi connectivity index (χ0n) is 16.2. The lowest BCUT2D eigenvalue weighted by atomic mass is 10.2. The molecule has 154 valence electrons. The molecule has 0 aliphatic heterocycles. The van der Waals surface area contributed by atoms with Crippen molar-refractivity contribution in [1.82, 2.24) is 24.5 Å². The van der Waals surface area contributed by atoms with Gasteiger partial charge < -0.3 is 16.8 Å². The Morgan fingerprint density at radius 1 is 1.26 bits per heavy atom. The van der Waals surface area contributed by atoms with Crippen LogP contribution in [0.1, 0.15) is 24.4 Å². The third kappa shape index (κ3) is 3.58. The second-order valence-electron chi connectivity index (χ2n) is 6.68. The smallest absolute Gasteiger partial charge is 0.267 e. The van der Waals surface area contributed by atoms with Crippen LogP contribution in [0.15, 0.2) is 47.8 Å². The molecule has 5 N–H and O–H groups in total. The molecule has 4 rings (SSSR count). The van der Waals surface area contributed by atoms with Crippen molar-refractivity contribution in [3.63, 3.8) is 0 Å². The average Bonchev–Trinajstić information content (AvgIpc) is 2.73. The number of rotatable bonds is 4. The van der Waals surface area contributed by atoms with E-state index in [0.717, 1.165) is 0 Å². The molecule has 3 heterocycles. The molecular weight excluding hydrogens is 418 g/mol. The van der Waals surface area contributed by atoms with Gasteiger partial charge in [-0.1, -0.05) is 17.7 Å². The molecule has 31 heavy (non-hydrogen) atoms. The quantitative estimate of drug-likeness (QED) is 0.438. The first-order valence-electron chi connectivity index (χ1n) is 9.10. The molecular formula is C20H16ClN9O. The molecule has 0 spiro atoms. The fourth-order valence-electron chi connectivity index (χ4n) is 3.20. The lowest BCUT2D eigenvalue weighted by Crippen LogP contribution is -2.28. The highest BCUT2D eigenvalue weighted by atomic mass is 35.5. The molecule has 0 aliphatic rings. The maximum absolute atomic E-state index is 13.5. The molecule has 0 saturated heterocycles. The highest BCUT2D eigenvalue weighted by molar-refractivity contribution is 6.35. The van der Waals surface area contributed by atoms with Gasteiger partial charge in [0.05, 0.1) is 39.5 Å². The highest BCUT2D eigenvalue weighted by Gasteiger charge is 2.21. The lowest BCUT2D eigenvalue weighted by molar-refractivity contribution is 0.729. The largest absolute Gasteiger partial charge is 0.397 e. The van der Waals surface area contributed by atoms with Crippen molar-refractivity contribution in [2.45, 2.75) is 13.0 Å². The van der Waals surface area contributed by atoms with Gasteiger partial charge in [0.2, 0.25) is 0 Å². The molecule has 3 aromatic heterocycles. The SMILES string of the molecule is CC(Nc1ncnc(N)c1C#N)c1nc2cccc(Cl)c2c(=O)n1-c1cncc(N)c1. The number of benzene rings is 1. The number of aromatic nitrogens is 5. The van der Waals surface area contributed by atoms with Crippen LogP contribution in [0.25, 0.3) is 16.6 Å². The van der Waals surface area contributed by atoms with Gasteiger partial charge in [0.1, 0.15) is 35.4 Å². The van der Waals surface area contributed by atoms with Gasteiger partial charge in [-0.05, 0) is 25.1 Å². The van der Waals surface area contributed by atoms with Crippen molar-refractivity contribution in [3.05, 3.63) is 69.8 Å². The molecule has 0 saturated carbocycles. The van der Waals surface area contributed by atoms with Gasteiger partial charge in [-0.15, -0.1) is 0 Å². The van der Waals surface area contributed by atoms with E-state index in [-0.39, 0.29) is 33.2 Å². The van der Waals surface area contributed by atoms with Gasteiger partial charge in [0, 0.05) is 6.20 Å². The number of nitrogens with one attached hydrogen (secondary N) is 1. The zero-order valence-corrected chi connectivity index (χ0v) is 17.0. The first-order valence-corrected chi connectivity index (χ1v) is 9.47. The van der Waals surface area contributed by atoms with Crippen LogP contribution in [0.3, 0.4) is 0 Å². The lowest BCUT2D eigenvalue weighted by Gasteiger charge is -2.20. The van der Waals surface area contributed by atoms with Crippen molar-refractivity contribution >= 4 is 39.8 Å². The minimum Gasteiger partial charge on any atom is -0.397 e. The molecule has 0 bridgehead atoms. The number of halogens is 1. The summed E-state index contributed by atoms with van der Waals surface area (Å²) in [5.74, 6) is 0.608. The number of nitrogen functional groups attached to an aromatic ring is 2. The molecule has 1 unspecified atom stereocenters. The standard InChI is InChI=1S/C20H16ClN9O/c1-10(28-18-13(6-22)17(24)26-9-27-18)19-29-15-4-2-3-14(21)16(15)20(31)30(19)12-5-11(23)7-25-8-12/h2-5,7-10H,23H2,1H3,(H3,24,26,27,28). The summed E-state index contributed by atoms with van der Waals surface area (Å²) in [5, 5.41) is 13.0. The number of nitrogens with zero attached hydrogens (tertiary/aromatic N) is 6. The van der Waals surface area contributed by atoms with Crippen molar-refractivity contribution in [3.8, 4) is 11.8 Å². The molecule has 11 heteroatoms. The fraction of sp³-hybridized carbons (Fsp3) is 0.100. The maximum Gasteiger partial charge on any atom is 0.267 e. The van der Waals surface area contributed by atoms with Crippen LogP contribution in [-0.4, -0.2) is 24.5 Å². The van der Waals surface area contributed by atoms with Crippen molar-refractivity contribution in [2.24, 2.45) is 0 Å². The number of pyridine rings is 1. The van der Waals surface area contributed by atoms with Crippen molar-refractivity contribution < 1.29 is 0 Å². The van der Waals surface area contributed by atoms with Crippen LogP contribution in [0.5, 0.6) is 0 Å². The summed E-state index contributed by atoms with van der Waals surface area (Å²) in [5.41, 5.74) is 12.6. The summed E-state index contributed by atoms with van der Waals surface area (Å²) in [6.45, 7) is 1.77. The van der Waals surface area contributed by atoms with Gasteiger partial charge in [-0.3, -0.25) is 14.3 Å². The van der Waals surface area contributed by atoms with Crippen LogP contribution < -0.4 is 22.3 Å². The van der Waals surface area contributed by atoms with Crippen molar-refractivity contribution in [2.75, 3.05) is 16.8 Å². The highest BCUT2D eigenvalue weighted by Crippen LogP contribution is 2.26. The summed E-state index contributed by atoms with van der Waals surface area (Å²) in [6.07, 6.45) is 4.22. The molecule has 4 aromatic rings. The van der Waals surface area contributed by atoms with E-state index in [9.17, 15) is 10.1 Å². The number of hydrogen-bond acceptors (Lipinski definition) is 9. The molecule has 1 aromatic carbocycles. The molecule has 10 nitrogen and oxygen atoms in total. The monoisotopic (exact) mass is 433 g/mol. The average molecular weight is 434 g/mol. The van der Waals surface area contributed by atoms with Gasteiger partial charge in [0.15, 0.2) is 0 Å². The fourth-order valence-corrected chi connectivity index (χ4v) is 3.45. The number of fused-ring (bicyclic) bond motifs is 1. The summed E-state index contributed by atoms with van der Waals surface area (Å²) in [6, 6.07) is 8.05. The normalized spacial score (nSPS) is 11.8. The van der Waals surface area contributed by atoms with Crippen LogP contribution in [-0.2, 0) is 0 Å². The molecule has 0 amide bonds. The molecule has 0 fully saturated rings. The molecule has 1 atom stereocenters. The van der Waals surface area contributed by atoms with Crippen LogP contribution in [0.2, 0.25) is 5.02 Å². The van der Waals surface area contributed by atoms with Gasteiger partial charge in [0.25, 0.3) is 5.56 Å². The first-order chi connectivity index (χ1) is 14.9. The predicted octanol–water partition coefficient (Wildman–Crippen LogP) is 2.43. The van der Waals surface area contributed by atoms with Gasteiger partial charge in [-0.25, -0.2) is 15.0 Å². The van der Waals surface area contributed by atoms with Crippen LogP contribution in [0.4, 0.5) is 17.3 Å². The second-order valence-corrected chi connectivity index (χ2v) is 7.09. The van der Waals surface area contributed by atoms with E-state index in [4.69, 9.17) is 23.1 Å². The van der Waals surface area contributed by atoms with Crippen molar-refractivity contribution in [1.29, 1.82) is 5.26 Å². The van der Waals surface area contributed by atoms with Gasteiger partial charge in [-0.2, -0.15) is 5.26 Å². The van der Waals surface area contributed by atoms with E-state index in [1.807, 2.05) is 6.07 Å². The topological polar surface area (TPSA) is 161 Å². The summed E-state index contributed by atoms with van der Waals surface area (Å²) >= 11 is 6.30. The summed E-state index contributed by atoms with van der Waals surface area (Å²) < 4.78 is 1.38. The maximum atomic E-state index is 13.5. The van der Waals surface area contributed by atoms with E-state index >= 15 is 0 Å². The third-order valence-corrected chi connectivity index (χ3v) is 4.92. The molecule has 0 aliphatic carbocycles. The Kier molecular flexibility index (Phi) is 5.10. The van der Waals surface area contributed by atoms with Gasteiger partial charge >= 0.3 is 0 Å². The number of anilines is 3. The second kappa shape index (κ2) is 7.89. The number of nitrogens with two attached hydrogens (primary N) is 2. The Bertz CT molecular complexity index is 1410. The van der Waals surface area contributed by atoms with E-state index in [1.165, 1.54) is 23.3 Å². The Hall–Kier alpha value is -4.23.